The van der Waals surface area contributed by atoms with Crippen molar-refractivity contribution in [2.75, 3.05) is 43.3 Å². The zero-order valence-electron chi connectivity index (χ0n) is 24.9. The normalized spacial score (nSPS) is 19.4. The summed E-state index contributed by atoms with van der Waals surface area (Å²) in [6.07, 6.45) is 4.60. The molecule has 2 fully saturated rings. The number of carbonyl (C=O) groups is 1. The summed E-state index contributed by atoms with van der Waals surface area (Å²) in [6, 6.07) is 6.39. The molecule has 1 amide bonds. The lowest BCUT2D eigenvalue weighted by molar-refractivity contribution is -0.141. The van der Waals surface area contributed by atoms with Crippen molar-refractivity contribution >= 4 is 50.1 Å². The van der Waals surface area contributed by atoms with Gasteiger partial charge in [0.1, 0.15) is 5.15 Å². The van der Waals surface area contributed by atoms with Crippen LogP contribution in [0, 0.1) is 6.92 Å². The van der Waals surface area contributed by atoms with Crippen LogP contribution in [0.4, 0.5) is 11.6 Å². The van der Waals surface area contributed by atoms with Crippen LogP contribution >= 0.6 is 11.6 Å². The molecule has 2 aromatic heterocycles. The molecule has 0 unspecified atom stereocenters. The van der Waals surface area contributed by atoms with Crippen molar-refractivity contribution in [3.8, 4) is 0 Å². The zero-order valence-corrected chi connectivity index (χ0v) is 26.5. The zero-order chi connectivity index (χ0) is 31.1. The molecule has 0 aliphatic carbocycles. The molecule has 2 atom stereocenters. The number of nitrogens with one attached hydrogen (secondary N) is 2. The molecule has 0 bridgehead atoms. The van der Waals surface area contributed by atoms with Gasteiger partial charge in [0, 0.05) is 32.8 Å². The van der Waals surface area contributed by atoms with Gasteiger partial charge in [0.05, 0.1) is 47.2 Å². The lowest BCUT2D eigenvalue weighted by atomic mass is 9.84. The van der Waals surface area contributed by atoms with Crippen LogP contribution < -0.4 is 20.5 Å². The van der Waals surface area contributed by atoms with E-state index in [1.807, 2.05) is 30.7 Å². The molecule has 2 saturated heterocycles. The van der Waals surface area contributed by atoms with E-state index in [2.05, 4.69) is 15.2 Å². The van der Waals surface area contributed by atoms with Crippen LogP contribution in [0.25, 0.3) is 10.9 Å². The monoisotopic (exact) mass is 632 g/mol. The van der Waals surface area contributed by atoms with E-state index in [-0.39, 0.29) is 33.8 Å². The average Bonchev–Trinajstić information content (AvgIpc) is 2.96. The molecule has 0 saturated carbocycles. The summed E-state index contributed by atoms with van der Waals surface area (Å²) in [5.41, 5.74) is 1.94. The predicted molar refractivity (Wildman–Crippen MR) is 165 cm³/mol. The highest BCUT2D eigenvalue weighted by atomic mass is 35.5. The molecule has 2 aliphatic rings. The topological polar surface area (TPSA) is 145 Å². The van der Waals surface area contributed by atoms with Crippen molar-refractivity contribution in [1.29, 1.82) is 0 Å². The van der Waals surface area contributed by atoms with Gasteiger partial charge < -0.3 is 19.7 Å². The van der Waals surface area contributed by atoms with Gasteiger partial charge in [-0.3, -0.25) is 14.2 Å². The Hall–Kier alpha value is -3.26. The first-order valence-corrected chi connectivity index (χ1v) is 16.4. The van der Waals surface area contributed by atoms with E-state index in [0.717, 1.165) is 43.1 Å². The van der Waals surface area contributed by atoms with Crippen molar-refractivity contribution in [2.24, 2.45) is 7.05 Å². The number of rotatable bonds is 7. The molecule has 12 nitrogen and oxygen atoms in total. The highest BCUT2D eigenvalue weighted by molar-refractivity contribution is 7.89. The van der Waals surface area contributed by atoms with Crippen molar-refractivity contribution in [3.05, 3.63) is 56.6 Å². The summed E-state index contributed by atoms with van der Waals surface area (Å²) in [4.78, 5) is 37.6. The summed E-state index contributed by atoms with van der Waals surface area (Å²) in [5.74, 6) is -0.331. The number of nitrogens with zero attached hydrogens (tertiary/aromatic N) is 4. The molecule has 1 aromatic carbocycles. The van der Waals surface area contributed by atoms with Crippen molar-refractivity contribution in [3.63, 3.8) is 0 Å². The fourth-order valence-electron chi connectivity index (χ4n) is 5.95. The number of carbonyl (C=O) groups excluding carboxylic acids is 1. The van der Waals surface area contributed by atoms with Gasteiger partial charge in [-0.05, 0) is 63.3 Å². The fourth-order valence-corrected chi connectivity index (χ4v) is 6.53. The Bertz CT molecular complexity index is 1710. The number of anilines is 2. The highest BCUT2D eigenvalue weighted by Crippen LogP contribution is 2.37. The first-order chi connectivity index (χ1) is 20.3. The minimum absolute atomic E-state index is 0.0353. The maximum atomic E-state index is 13.7. The number of halogens is 1. The van der Waals surface area contributed by atoms with E-state index in [1.54, 1.807) is 24.8 Å². The molecule has 232 valence electrons. The van der Waals surface area contributed by atoms with Crippen LogP contribution in [0.2, 0.25) is 5.15 Å². The number of hydrogen-bond acceptors (Lipinski definition) is 10. The van der Waals surface area contributed by atoms with Crippen LogP contribution in [0.1, 0.15) is 60.3 Å². The Kier molecular flexibility index (Phi) is 8.72. The molecule has 3 aromatic rings. The van der Waals surface area contributed by atoms with E-state index >= 15 is 0 Å². The maximum absolute atomic E-state index is 13.7. The summed E-state index contributed by atoms with van der Waals surface area (Å²) >= 11 is 6.04. The summed E-state index contributed by atoms with van der Waals surface area (Å²) in [7, 11) is -0.373. The number of amides is 1. The first kappa shape index (κ1) is 31.2. The van der Waals surface area contributed by atoms with Crippen LogP contribution in [0.15, 0.2) is 29.1 Å². The molecular formula is C29H37ClN6O6S. The number of pyridine rings is 1. The van der Waals surface area contributed by atoms with E-state index in [1.165, 1.54) is 6.07 Å². The van der Waals surface area contributed by atoms with Gasteiger partial charge in [-0.1, -0.05) is 17.7 Å². The second kappa shape index (κ2) is 12.0. The molecule has 1 spiro atoms. The van der Waals surface area contributed by atoms with Crippen LogP contribution in [-0.4, -0.2) is 73.6 Å². The third-order valence-corrected chi connectivity index (χ3v) is 9.08. The lowest BCUT2D eigenvalue weighted by Crippen LogP contribution is -2.51. The number of fused-ring (bicyclic) bond motifs is 1. The number of hydrogen-bond donors (Lipinski definition) is 2. The van der Waals surface area contributed by atoms with Crippen LogP contribution in [0.3, 0.4) is 0 Å². The number of benzene rings is 1. The summed E-state index contributed by atoms with van der Waals surface area (Å²) in [6.45, 7) is 5.78. The quantitative estimate of drug-likeness (QED) is 0.372. The van der Waals surface area contributed by atoms with Crippen molar-refractivity contribution in [2.45, 2.75) is 57.3 Å². The van der Waals surface area contributed by atoms with Gasteiger partial charge in [-0.2, -0.15) is 0 Å². The molecular weight excluding hydrogens is 596 g/mol. The number of sulfonamides is 1. The fraction of sp³-hybridized carbons (Fsp3) is 0.517. The minimum Gasteiger partial charge on any atom is -0.379 e. The molecule has 4 heterocycles. The number of aryl methyl sites for hydroxylation is 1. The van der Waals surface area contributed by atoms with E-state index < -0.39 is 22.0 Å². The van der Waals surface area contributed by atoms with Gasteiger partial charge in [0.25, 0.3) is 11.5 Å². The van der Waals surface area contributed by atoms with Gasteiger partial charge in [-0.25, -0.2) is 23.1 Å². The molecule has 43 heavy (non-hydrogen) atoms. The summed E-state index contributed by atoms with van der Waals surface area (Å²) < 4.78 is 38.7. The molecule has 2 N–H and O–H groups in total. The van der Waals surface area contributed by atoms with E-state index in [0.29, 0.717) is 36.5 Å². The Morgan fingerprint density at radius 1 is 1.21 bits per heavy atom. The number of methoxy groups -OCH3 is 1. The smallest absolute Gasteiger partial charge is 0.285 e. The number of ether oxygens (including phenoxy) is 2. The standard InChI is InChI=1S/C29H37ClN6O6S/c1-17-14-20(18(2)31-22-6-7-23(30)32-25(22)26(37)34-43(5,39)40)24-21(15-17)27(38)35(3)28(33-24)36-12-10-29(11-13-36)9-8-19(41-4)16-42-29/h6-7,14-15,18-19,31H,8-13,16H2,1-5H3,(H,34,37)/t18-,19+/m1/s1. The van der Waals surface area contributed by atoms with Gasteiger partial charge >= 0.3 is 0 Å². The third kappa shape index (κ3) is 6.64. The summed E-state index contributed by atoms with van der Waals surface area (Å²) in [5, 5.41) is 3.77. The second-order valence-corrected chi connectivity index (χ2v) is 13.6. The molecule has 5 rings (SSSR count). The third-order valence-electron chi connectivity index (χ3n) is 8.31. The van der Waals surface area contributed by atoms with E-state index in [9.17, 15) is 18.0 Å². The molecule has 2 aliphatic heterocycles. The Labute approximate surface area is 255 Å². The molecule has 14 heteroatoms. The lowest BCUT2D eigenvalue weighted by Gasteiger charge is -2.45. The average molecular weight is 633 g/mol. The van der Waals surface area contributed by atoms with Crippen molar-refractivity contribution < 1.29 is 22.7 Å². The largest absolute Gasteiger partial charge is 0.379 e. The number of aromatic nitrogens is 3. The number of piperidine rings is 1. The van der Waals surface area contributed by atoms with Gasteiger partial charge in [0.2, 0.25) is 16.0 Å². The Morgan fingerprint density at radius 2 is 1.93 bits per heavy atom. The minimum atomic E-state index is -3.83. The second-order valence-electron chi connectivity index (χ2n) is 11.5. The Morgan fingerprint density at radius 3 is 2.56 bits per heavy atom. The van der Waals surface area contributed by atoms with Crippen LogP contribution in [0.5, 0.6) is 0 Å². The first-order valence-electron chi connectivity index (χ1n) is 14.2. The predicted octanol–water partition coefficient (Wildman–Crippen LogP) is 3.32. The van der Waals surface area contributed by atoms with Gasteiger partial charge in [-0.15, -0.1) is 0 Å². The SMILES string of the molecule is CO[C@H]1CCC2(CCN(c3nc4c([C@@H](C)Nc5ccc(Cl)nc5C(=O)NS(C)(=O)=O)cc(C)cc4c(=O)n3C)CC2)OC1. The van der Waals surface area contributed by atoms with E-state index in [4.69, 9.17) is 26.1 Å². The highest BCUT2D eigenvalue weighted by Gasteiger charge is 2.40. The van der Waals surface area contributed by atoms with Crippen LogP contribution in [-0.2, 0) is 26.5 Å². The van der Waals surface area contributed by atoms with Crippen molar-refractivity contribution in [1.82, 2.24) is 19.3 Å². The maximum Gasteiger partial charge on any atom is 0.285 e. The van der Waals surface area contributed by atoms with Gasteiger partial charge in [0.15, 0.2) is 5.69 Å². The Balaban J connectivity index is 1.46. The molecule has 0 radical (unpaired) electrons.